The van der Waals surface area contributed by atoms with Crippen LogP contribution in [0.5, 0.6) is 0 Å². The fourth-order valence-corrected chi connectivity index (χ4v) is 4.53. The van der Waals surface area contributed by atoms with Gasteiger partial charge >= 0.3 is 12.1 Å². The fourth-order valence-electron chi connectivity index (χ4n) is 4.06. The van der Waals surface area contributed by atoms with Crippen LogP contribution in [0.1, 0.15) is 37.3 Å². The molecule has 0 aromatic heterocycles. The minimum absolute atomic E-state index is 0.0857. The largest absolute Gasteiger partial charge is 0.480 e. The summed E-state index contributed by atoms with van der Waals surface area (Å²) in [5.41, 5.74) is 4.46. The second-order valence-electron chi connectivity index (χ2n) is 8.37. The molecule has 0 radical (unpaired) electrons. The number of carboxylic acid groups (broad SMARTS) is 1. The van der Waals surface area contributed by atoms with Gasteiger partial charge in [-0.1, -0.05) is 62.4 Å². The number of carboxylic acids is 1. The van der Waals surface area contributed by atoms with Gasteiger partial charge in [0.1, 0.15) is 18.7 Å². The maximum Gasteiger partial charge on any atom is 0.407 e. The Balaban J connectivity index is 1.64. The summed E-state index contributed by atoms with van der Waals surface area (Å²) in [4.78, 5) is 36.8. The zero-order valence-electron chi connectivity index (χ0n) is 19.0. The Morgan fingerprint density at radius 3 is 2.09 bits per heavy atom. The monoisotopic (exact) mass is 470 g/mol. The first kappa shape index (κ1) is 24.6. The molecule has 0 saturated heterocycles. The molecular weight excluding hydrogens is 440 g/mol. The van der Waals surface area contributed by atoms with Crippen LogP contribution in [0.15, 0.2) is 48.5 Å². The zero-order valence-corrected chi connectivity index (χ0v) is 19.9. The van der Waals surface area contributed by atoms with Gasteiger partial charge in [0.2, 0.25) is 5.91 Å². The van der Waals surface area contributed by atoms with Crippen molar-refractivity contribution >= 4 is 29.7 Å². The first-order valence-corrected chi connectivity index (χ1v) is 12.4. The summed E-state index contributed by atoms with van der Waals surface area (Å²) in [5.74, 6) is -1.37. The average molecular weight is 471 g/mol. The van der Waals surface area contributed by atoms with Gasteiger partial charge in [0, 0.05) is 5.92 Å². The Hall–Kier alpha value is -3.00. The molecule has 2 amide bonds. The maximum atomic E-state index is 12.7. The van der Waals surface area contributed by atoms with Gasteiger partial charge in [0.25, 0.3) is 0 Å². The van der Waals surface area contributed by atoms with Gasteiger partial charge < -0.3 is 20.5 Å². The minimum Gasteiger partial charge on any atom is -0.480 e. The lowest BCUT2D eigenvalue weighted by Gasteiger charge is -2.24. The molecule has 2 atom stereocenters. The van der Waals surface area contributed by atoms with Crippen LogP contribution < -0.4 is 10.6 Å². The number of hydrogen-bond donors (Lipinski definition) is 3. The first-order chi connectivity index (χ1) is 15.8. The summed E-state index contributed by atoms with van der Waals surface area (Å²) in [6, 6.07) is 14.2. The molecule has 0 fully saturated rings. The highest BCUT2D eigenvalue weighted by Gasteiger charge is 2.31. The SMILES string of the molecule is CSCC[C@@H](NC(=O)[C@@H](NC(=O)OCC1c2ccccc2-c2ccccc21)C(C)C)C(=O)O. The molecule has 0 bridgehead atoms. The molecular formula is C25H30N2O5S. The normalized spacial score (nSPS) is 14.2. The second kappa shape index (κ2) is 11.2. The molecule has 0 saturated carbocycles. The smallest absolute Gasteiger partial charge is 0.407 e. The number of ether oxygens (including phenoxy) is 1. The molecule has 2 aromatic rings. The molecule has 0 unspecified atom stereocenters. The number of carbonyl (C=O) groups is 3. The van der Waals surface area contributed by atoms with Crippen LogP contribution >= 0.6 is 11.8 Å². The van der Waals surface area contributed by atoms with Gasteiger partial charge in [-0.3, -0.25) is 4.79 Å². The highest BCUT2D eigenvalue weighted by atomic mass is 32.2. The molecule has 0 aliphatic heterocycles. The van der Waals surface area contributed by atoms with Crippen molar-refractivity contribution in [2.45, 2.75) is 38.3 Å². The summed E-state index contributed by atoms with van der Waals surface area (Å²) in [5, 5.41) is 14.5. The average Bonchev–Trinajstić information content (AvgIpc) is 3.12. The Morgan fingerprint density at radius 2 is 1.58 bits per heavy atom. The van der Waals surface area contributed by atoms with Crippen molar-refractivity contribution in [2.75, 3.05) is 18.6 Å². The van der Waals surface area contributed by atoms with Gasteiger partial charge in [0.15, 0.2) is 0 Å². The maximum absolute atomic E-state index is 12.7. The van der Waals surface area contributed by atoms with E-state index in [-0.39, 0.29) is 18.4 Å². The van der Waals surface area contributed by atoms with Gasteiger partial charge in [-0.15, -0.1) is 0 Å². The van der Waals surface area contributed by atoms with E-state index in [0.717, 1.165) is 22.3 Å². The highest BCUT2D eigenvalue weighted by Crippen LogP contribution is 2.44. The molecule has 2 aromatic carbocycles. The predicted molar refractivity (Wildman–Crippen MR) is 129 cm³/mol. The van der Waals surface area contributed by atoms with E-state index in [9.17, 15) is 19.5 Å². The van der Waals surface area contributed by atoms with E-state index in [1.165, 1.54) is 11.8 Å². The van der Waals surface area contributed by atoms with E-state index in [1.54, 1.807) is 13.8 Å². The highest BCUT2D eigenvalue weighted by molar-refractivity contribution is 7.98. The third-order valence-electron chi connectivity index (χ3n) is 5.79. The van der Waals surface area contributed by atoms with E-state index >= 15 is 0 Å². The van der Waals surface area contributed by atoms with Gasteiger partial charge in [-0.25, -0.2) is 9.59 Å². The van der Waals surface area contributed by atoms with Crippen LogP contribution in [-0.4, -0.2) is 53.8 Å². The fraction of sp³-hybridized carbons (Fsp3) is 0.400. The predicted octanol–water partition coefficient (Wildman–Crippen LogP) is 3.87. The molecule has 33 heavy (non-hydrogen) atoms. The van der Waals surface area contributed by atoms with Crippen molar-refractivity contribution in [2.24, 2.45) is 5.92 Å². The van der Waals surface area contributed by atoms with Crippen molar-refractivity contribution in [1.82, 2.24) is 10.6 Å². The molecule has 1 aliphatic rings. The Kier molecular flexibility index (Phi) is 8.38. The lowest BCUT2D eigenvalue weighted by atomic mass is 9.98. The van der Waals surface area contributed by atoms with Crippen molar-refractivity contribution in [3.8, 4) is 11.1 Å². The summed E-state index contributed by atoms with van der Waals surface area (Å²) in [7, 11) is 0. The van der Waals surface area contributed by atoms with E-state index in [2.05, 4.69) is 22.8 Å². The quantitative estimate of drug-likeness (QED) is 0.487. The third kappa shape index (κ3) is 5.87. The van der Waals surface area contributed by atoms with E-state index in [0.29, 0.717) is 12.2 Å². The summed E-state index contributed by atoms with van der Waals surface area (Å²) >= 11 is 1.50. The Bertz CT molecular complexity index is 964. The van der Waals surface area contributed by atoms with Crippen LogP contribution in [0, 0.1) is 5.92 Å². The molecule has 3 rings (SSSR count). The molecule has 7 nitrogen and oxygen atoms in total. The van der Waals surface area contributed by atoms with Crippen LogP contribution in [0.3, 0.4) is 0 Å². The molecule has 3 N–H and O–H groups in total. The van der Waals surface area contributed by atoms with Crippen molar-refractivity contribution in [3.63, 3.8) is 0 Å². The Labute approximate surface area is 198 Å². The number of nitrogens with one attached hydrogen (secondary N) is 2. The summed E-state index contributed by atoms with van der Waals surface area (Å²) in [6.07, 6.45) is 1.47. The first-order valence-electron chi connectivity index (χ1n) is 11.0. The molecule has 1 aliphatic carbocycles. The number of alkyl carbamates (subject to hydrolysis) is 1. The molecule has 0 spiro atoms. The van der Waals surface area contributed by atoms with Crippen LogP contribution in [0.25, 0.3) is 11.1 Å². The number of rotatable bonds is 10. The Morgan fingerprint density at radius 1 is 1.00 bits per heavy atom. The van der Waals surface area contributed by atoms with Crippen molar-refractivity contribution < 1.29 is 24.2 Å². The van der Waals surface area contributed by atoms with Gasteiger partial charge in [-0.2, -0.15) is 11.8 Å². The minimum atomic E-state index is -1.10. The number of hydrogen-bond acceptors (Lipinski definition) is 5. The number of fused-ring (bicyclic) bond motifs is 3. The summed E-state index contributed by atoms with van der Waals surface area (Å²) < 4.78 is 5.54. The molecule has 0 heterocycles. The molecule has 8 heteroatoms. The number of aliphatic carboxylic acids is 1. The number of amides is 2. The third-order valence-corrected chi connectivity index (χ3v) is 6.44. The van der Waals surface area contributed by atoms with Crippen molar-refractivity contribution in [1.29, 1.82) is 0 Å². The lowest BCUT2D eigenvalue weighted by Crippen LogP contribution is -2.54. The van der Waals surface area contributed by atoms with E-state index in [4.69, 9.17) is 4.74 Å². The number of carbonyl (C=O) groups excluding carboxylic acids is 2. The van der Waals surface area contributed by atoms with Crippen molar-refractivity contribution in [3.05, 3.63) is 59.7 Å². The van der Waals surface area contributed by atoms with Crippen LogP contribution in [0.2, 0.25) is 0 Å². The standard InChI is InChI=1S/C25H30N2O5S/c1-15(2)22(23(28)26-21(24(29)30)12-13-33-3)27-25(31)32-14-20-18-10-6-4-8-16(18)17-9-5-7-11-19(17)20/h4-11,15,20-22H,12-14H2,1-3H3,(H,26,28)(H,27,31)(H,29,30)/t21-,22+/m1/s1. The second-order valence-corrected chi connectivity index (χ2v) is 9.36. The number of thioether (sulfide) groups is 1. The lowest BCUT2D eigenvalue weighted by molar-refractivity contribution is -0.142. The van der Waals surface area contributed by atoms with Gasteiger partial charge in [0.05, 0.1) is 0 Å². The van der Waals surface area contributed by atoms with Crippen LogP contribution in [-0.2, 0) is 14.3 Å². The van der Waals surface area contributed by atoms with Crippen LogP contribution in [0.4, 0.5) is 4.79 Å². The topological polar surface area (TPSA) is 105 Å². The van der Waals surface area contributed by atoms with E-state index < -0.39 is 30.1 Å². The number of benzene rings is 2. The molecule has 176 valence electrons. The summed E-state index contributed by atoms with van der Waals surface area (Å²) in [6.45, 7) is 3.70. The zero-order chi connectivity index (χ0) is 24.0. The van der Waals surface area contributed by atoms with E-state index in [1.807, 2.05) is 42.7 Å². The van der Waals surface area contributed by atoms with Gasteiger partial charge in [-0.05, 0) is 46.6 Å².